The fourth-order valence-electron chi connectivity index (χ4n) is 1.73. The van der Waals surface area contributed by atoms with Gasteiger partial charge in [-0.3, -0.25) is 9.36 Å². The molecule has 2 aromatic heterocycles. The molecular weight excluding hydrogens is 307 g/mol. The minimum atomic E-state index is -4.52. The number of carbonyl (C=O) groups excluding carboxylic acids is 1. The Labute approximate surface area is 123 Å². The number of nitrogens with zero attached hydrogens (tertiary/aromatic N) is 3. The Kier molecular flexibility index (Phi) is 3.95. The van der Waals surface area contributed by atoms with Gasteiger partial charge >= 0.3 is 6.18 Å². The van der Waals surface area contributed by atoms with Crippen molar-refractivity contribution in [1.82, 2.24) is 14.5 Å². The van der Waals surface area contributed by atoms with Gasteiger partial charge in [0.15, 0.2) is 5.82 Å². The summed E-state index contributed by atoms with van der Waals surface area (Å²) in [7, 11) is 3.14. The lowest BCUT2D eigenvalue weighted by Crippen LogP contribution is -2.24. The molecule has 0 unspecified atom stereocenters. The van der Waals surface area contributed by atoms with Crippen LogP contribution in [0.2, 0.25) is 5.02 Å². The van der Waals surface area contributed by atoms with Gasteiger partial charge < -0.3 is 4.90 Å². The summed E-state index contributed by atoms with van der Waals surface area (Å²) in [5.41, 5.74) is -0.682. The molecule has 1 amide bonds. The van der Waals surface area contributed by atoms with E-state index < -0.39 is 11.7 Å². The van der Waals surface area contributed by atoms with E-state index in [2.05, 4.69) is 4.98 Å². The van der Waals surface area contributed by atoms with E-state index in [0.717, 1.165) is 6.07 Å². The first-order valence-electron chi connectivity index (χ1n) is 5.84. The molecule has 0 saturated carbocycles. The molecule has 0 aliphatic rings. The smallest absolute Gasteiger partial charge is 0.343 e. The highest BCUT2D eigenvalue weighted by molar-refractivity contribution is 6.32. The monoisotopic (exact) mass is 317 g/mol. The number of aromatic nitrogens is 2. The lowest BCUT2D eigenvalue weighted by atomic mass is 10.2. The van der Waals surface area contributed by atoms with Crippen LogP contribution in [0.1, 0.15) is 16.1 Å². The SMILES string of the molecule is CN(C)C(=O)c1cccn1-c1ncc(C(F)(F)F)cc1Cl. The van der Waals surface area contributed by atoms with Crippen LogP contribution in [0.3, 0.4) is 0 Å². The van der Waals surface area contributed by atoms with Crippen LogP contribution in [-0.4, -0.2) is 34.5 Å². The first kappa shape index (κ1) is 15.4. The predicted molar refractivity (Wildman–Crippen MR) is 71.6 cm³/mol. The zero-order chi connectivity index (χ0) is 15.8. The average Bonchev–Trinajstić information content (AvgIpc) is 2.85. The van der Waals surface area contributed by atoms with E-state index in [1.54, 1.807) is 20.2 Å². The number of hydrogen-bond donors (Lipinski definition) is 0. The van der Waals surface area contributed by atoms with Gasteiger partial charge in [0.05, 0.1) is 10.6 Å². The number of hydrogen-bond acceptors (Lipinski definition) is 2. The van der Waals surface area contributed by atoms with Crippen molar-refractivity contribution in [3.8, 4) is 5.82 Å². The maximum Gasteiger partial charge on any atom is 0.417 e. The molecular formula is C13H11ClF3N3O. The summed E-state index contributed by atoms with van der Waals surface area (Å²) in [6.45, 7) is 0. The highest BCUT2D eigenvalue weighted by Crippen LogP contribution is 2.32. The van der Waals surface area contributed by atoms with Gasteiger partial charge in [-0.25, -0.2) is 4.98 Å². The maximum atomic E-state index is 12.6. The lowest BCUT2D eigenvalue weighted by Gasteiger charge is -2.14. The number of alkyl halides is 3. The molecule has 0 atom stereocenters. The second-order valence-electron chi connectivity index (χ2n) is 4.49. The quantitative estimate of drug-likeness (QED) is 0.853. The van der Waals surface area contributed by atoms with Crippen molar-refractivity contribution >= 4 is 17.5 Å². The van der Waals surface area contributed by atoms with Gasteiger partial charge in [0.25, 0.3) is 5.91 Å². The summed E-state index contributed by atoms with van der Waals surface area (Å²) in [6, 6.07) is 3.91. The van der Waals surface area contributed by atoms with Crippen molar-refractivity contribution in [3.05, 3.63) is 46.9 Å². The van der Waals surface area contributed by atoms with Crippen LogP contribution in [0.25, 0.3) is 5.82 Å². The number of carbonyl (C=O) groups is 1. The minimum absolute atomic E-state index is 0.0693. The number of halogens is 4. The summed E-state index contributed by atoms with van der Waals surface area (Å²) in [5, 5.41) is -0.186. The standard InChI is InChI=1S/C13H11ClF3N3O/c1-19(2)12(21)10-4-3-5-20(10)11-9(14)6-8(7-18-11)13(15,16)17/h3-7H,1-2H3. The molecule has 0 N–H and O–H groups in total. The second-order valence-corrected chi connectivity index (χ2v) is 4.90. The number of amides is 1. The molecule has 2 rings (SSSR count). The van der Waals surface area contributed by atoms with Crippen molar-refractivity contribution in [2.45, 2.75) is 6.18 Å². The molecule has 0 fully saturated rings. The van der Waals surface area contributed by atoms with Gasteiger partial charge in [-0.05, 0) is 18.2 Å². The van der Waals surface area contributed by atoms with E-state index in [1.165, 1.54) is 21.7 Å². The van der Waals surface area contributed by atoms with Gasteiger partial charge in [0.2, 0.25) is 0 Å². The van der Waals surface area contributed by atoms with Crippen LogP contribution in [0.5, 0.6) is 0 Å². The van der Waals surface area contributed by atoms with Gasteiger partial charge in [0.1, 0.15) is 5.69 Å². The summed E-state index contributed by atoms with van der Waals surface area (Å²) < 4.78 is 39.1. The van der Waals surface area contributed by atoms with Crippen molar-refractivity contribution in [1.29, 1.82) is 0 Å². The summed E-state index contributed by atoms with van der Waals surface area (Å²) in [6.07, 6.45) is -2.32. The van der Waals surface area contributed by atoms with Gasteiger partial charge in [-0.2, -0.15) is 13.2 Å². The highest BCUT2D eigenvalue weighted by Gasteiger charge is 2.32. The molecule has 4 nitrogen and oxygen atoms in total. The van der Waals surface area contributed by atoms with Crippen molar-refractivity contribution in [2.75, 3.05) is 14.1 Å². The minimum Gasteiger partial charge on any atom is -0.343 e. The van der Waals surface area contributed by atoms with E-state index in [-0.39, 0.29) is 22.4 Å². The molecule has 8 heteroatoms. The molecule has 0 radical (unpaired) electrons. The maximum absolute atomic E-state index is 12.6. The molecule has 0 spiro atoms. The largest absolute Gasteiger partial charge is 0.417 e. The fraction of sp³-hybridized carbons (Fsp3) is 0.231. The van der Waals surface area contributed by atoms with Gasteiger partial charge in [0, 0.05) is 26.5 Å². The Bertz CT molecular complexity index is 680. The summed E-state index contributed by atoms with van der Waals surface area (Å²) in [5.74, 6) is -0.238. The van der Waals surface area contributed by atoms with Crippen LogP contribution >= 0.6 is 11.6 Å². The van der Waals surface area contributed by atoms with Crippen LogP contribution in [0.15, 0.2) is 30.6 Å². The van der Waals surface area contributed by atoms with E-state index in [1.807, 2.05) is 0 Å². The molecule has 0 bridgehead atoms. The number of rotatable bonds is 2. The molecule has 0 aromatic carbocycles. The van der Waals surface area contributed by atoms with Gasteiger partial charge in [-0.15, -0.1) is 0 Å². The first-order chi connectivity index (χ1) is 9.71. The Morgan fingerprint density at radius 2 is 2.05 bits per heavy atom. The van der Waals surface area contributed by atoms with Crippen molar-refractivity contribution < 1.29 is 18.0 Å². The summed E-state index contributed by atoms with van der Waals surface area (Å²) >= 11 is 5.87. The highest BCUT2D eigenvalue weighted by atomic mass is 35.5. The zero-order valence-electron chi connectivity index (χ0n) is 11.1. The second kappa shape index (κ2) is 5.40. The van der Waals surface area contributed by atoms with E-state index >= 15 is 0 Å². The Morgan fingerprint density at radius 1 is 1.38 bits per heavy atom. The van der Waals surface area contributed by atoms with E-state index in [0.29, 0.717) is 6.20 Å². The van der Waals surface area contributed by atoms with Crippen LogP contribution in [-0.2, 0) is 6.18 Å². The van der Waals surface area contributed by atoms with Crippen LogP contribution in [0.4, 0.5) is 13.2 Å². The van der Waals surface area contributed by atoms with E-state index in [9.17, 15) is 18.0 Å². The Morgan fingerprint density at radius 3 is 2.57 bits per heavy atom. The molecule has 0 aliphatic heterocycles. The Hall–Kier alpha value is -2.02. The average molecular weight is 318 g/mol. The third kappa shape index (κ3) is 3.02. The lowest BCUT2D eigenvalue weighted by molar-refractivity contribution is -0.137. The van der Waals surface area contributed by atoms with Crippen LogP contribution in [0, 0.1) is 0 Å². The normalized spacial score (nSPS) is 11.5. The predicted octanol–water partition coefficient (Wildman–Crippen LogP) is 3.25. The fourth-order valence-corrected chi connectivity index (χ4v) is 1.99. The molecule has 0 aliphatic carbocycles. The third-order valence-corrected chi connectivity index (χ3v) is 3.03. The zero-order valence-corrected chi connectivity index (χ0v) is 11.9. The summed E-state index contributed by atoms with van der Waals surface area (Å²) in [4.78, 5) is 17.1. The van der Waals surface area contributed by atoms with E-state index in [4.69, 9.17) is 11.6 Å². The molecule has 112 valence electrons. The first-order valence-corrected chi connectivity index (χ1v) is 6.21. The van der Waals surface area contributed by atoms with Crippen molar-refractivity contribution in [2.24, 2.45) is 0 Å². The van der Waals surface area contributed by atoms with Crippen LogP contribution < -0.4 is 0 Å². The molecule has 2 aromatic rings. The Balaban J connectivity index is 2.50. The molecule has 2 heterocycles. The molecule has 0 saturated heterocycles. The van der Waals surface area contributed by atoms with Gasteiger partial charge in [-0.1, -0.05) is 11.6 Å². The number of pyridine rings is 1. The third-order valence-electron chi connectivity index (χ3n) is 2.75. The van der Waals surface area contributed by atoms with Crippen molar-refractivity contribution in [3.63, 3.8) is 0 Å². The molecule has 21 heavy (non-hydrogen) atoms. The topological polar surface area (TPSA) is 38.1 Å².